The van der Waals surface area contributed by atoms with Gasteiger partial charge in [0, 0.05) is 23.8 Å². The summed E-state index contributed by atoms with van der Waals surface area (Å²) >= 11 is 5.92. The molecule has 7 heteroatoms. The number of hydrogen-bond acceptors (Lipinski definition) is 4. The Bertz CT molecular complexity index is 756. The van der Waals surface area contributed by atoms with Crippen LogP contribution in [-0.4, -0.2) is 33.5 Å². The molecule has 1 aliphatic rings. The standard InChI is InChI=1S/C18H22ClN3O3/c1-11-5-14(19)3-4-16(11)25-10-17(24)21-18(12-6-15(23)7-12)13-8-20-22(2)9-13/h3-5,8-9,12,15,18,23H,6-7,10H2,1-2H3,(H,21,24)/t12?,15?,18-/m1/s1. The van der Waals surface area contributed by atoms with E-state index in [1.54, 1.807) is 29.1 Å². The predicted molar refractivity (Wildman–Crippen MR) is 94.5 cm³/mol. The van der Waals surface area contributed by atoms with Crippen molar-refractivity contribution in [1.82, 2.24) is 15.1 Å². The van der Waals surface area contributed by atoms with E-state index in [4.69, 9.17) is 16.3 Å². The normalized spacial score (nSPS) is 20.6. The number of carbonyl (C=O) groups is 1. The van der Waals surface area contributed by atoms with Gasteiger partial charge in [0.15, 0.2) is 6.61 Å². The van der Waals surface area contributed by atoms with E-state index in [1.807, 2.05) is 20.2 Å². The summed E-state index contributed by atoms with van der Waals surface area (Å²) in [6.07, 6.45) is 4.71. The second kappa shape index (κ2) is 7.45. The average Bonchev–Trinajstić information content (AvgIpc) is 2.95. The fourth-order valence-corrected chi connectivity index (χ4v) is 3.34. The maximum atomic E-state index is 12.4. The van der Waals surface area contributed by atoms with Gasteiger partial charge in [0.05, 0.1) is 18.3 Å². The van der Waals surface area contributed by atoms with Gasteiger partial charge in [0.1, 0.15) is 5.75 Å². The number of rotatable bonds is 6. The first kappa shape index (κ1) is 17.8. The highest BCUT2D eigenvalue weighted by Gasteiger charge is 2.36. The molecule has 1 amide bonds. The summed E-state index contributed by atoms with van der Waals surface area (Å²) in [5.41, 5.74) is 1.82. The maximum absolute atomic E-state index is 12.4. The van der Waals surface area contributed by atoms with E-state index in [9.17, 15) is 9.90 Å². The first-order chi connectivity index (χ1) is 11.9. The van der Waals surface area contributed by atoms with Crippen LogP contribution in [0.5, 0.6) is 5.75 Å². The maximum Gasteiger partial charge on any atom is 0.258 e. The Morgan fingerprint density at radius 3 is 2.88 bits per heavy atom. The molecule has 0 aliphatic heterocycles. The fourth-order valence-electron chi connectivity index (χ4n) is 3.11. The topological polar surface area (TPSA) is 76.4 Å². The van der Waals surface area contributed by atoms with E-state index in [-0.39, 0.29) is 30.6 Å². The second-order valence-electron chi connectivity index (χ2n) is 6.58. The molecule has 2 aromatic rings. The SMILES string of the molecule is Cc1cc(Cl)ccc1OCC(=O)N[C@@H](c1cnn(C)c1)C1CC(O)C1. The predicted octanol–water partition coefficient (Wildman–Crippen LogP) is 2.39. The second-order valence-corrected chi connectivity index (χ2v) is 7.01. The number of aromatic nitrogens is 2. The first-order valence-corrected chi connectivity index (χ1v) is 8.65. The summed E-state index contributed by atoms with van der Waals surface area (Å²) in [5.74, 6) is 0.640. The van der Waals surface area contributed by atoms with E-state index in [0.29, 0.717) is 23.6 Å². The molecular weight excluding hydrogens is 342 g/mol. The van der Waals surface area contributed by atoms with E-state index >= 15 is 0 Å². The van der Waals surface area contributed by atoms with Crippen LogP contribution >= 0.6 is 11.6 Å². The molecule has 134 valence electrons. The Kier molecular flexibility index (Phi) is 5.30. The summed E-state index contributed by atoms with van der Waals surface area (Å²) < 4.78 is 7.31. The van der Waals surface area contributed by atoms with Gasteiger partial charge in [-0.3, -0.25) is 9.48 Å². The van der Waals surface area contributed by atoms with Crippen LogP contribution in [0.4, 0.5) is 0 Å². The monoisotopic (exact) mass is 363 g/mol. The van der Waals surface area contributed by atoms with Gasteiger partial charge in [0.25, 0.3) is 5.91 Å². The van der Waals surface area contributed by atoms with Crippen molar-refractivity contribution < 1.29 is 14.6 Å². The first-order valence-electron chi connectivity index (χ1n) is 8.27. The zero-order valence-electron chi connectivity index (χ0n) is 14.3. The van der Waals surface area contributed by atoms with Crippen molar-refractivity contribution in [2.24, 2.45) is 13.0 Å². The highest BCUT2D eigenvalue weighted by atomic mass is 35.5. The van der Waals surface area contributed by atoms with Gasteiger partial charge in [-0.15, -0.1) is 0 Å². The smallest absolute Gasteiger partial charge is 0.258 e. The molecule has 0 unspecified atom stereocenters. The number of amides is 1. The van der Waals surface area contributed by atoms with Crippen LogP contribution in [0, 0.1) is 12.8 Å². The molecule has 0 saturated heterocycles. The van der Waals surface area contributed by atoms with Crippen molar-refractivity contribution in [1.29, 1.82) is 0 Å². The minimum absolute atomic E-state index is 0.0749. The van der Waals surface area contributed by atoms with Crippen molar-refractivity contribution >= 4 is 17.5 Å². The van der Waals surface area contributed by atoms with Crippen LogP contribution in [0.3, 0.4) is 0 Å². The quantitative estimate of drug-likeness (QED) is 0.826. The molecule has 1 aliphatic carbocycles. The molecule has 0 radical (unpaired) electrons. The molecular formula is C18H22ClN3O3. The number of carbonyl (C=O) groups excluding carboxylic acids is 1. The minimum Gasteiger partial charge on any atom is -0.484 e. The Morgan fingerprint density at radius 1 is 1.52 bits per heavy atom. The summed E-state index contributed by atoms with van der Waals surface area (Å²) in [6.45, 7) is 1.81. The third kappa shape index (κ3) is 4.32. The third-order valence-electron chi connectivity index (χ3n) is 4.52. The van der Waals surface area contributed by atoms with Gasteiger partial charge in [-0.2, -0.15) is 5.10 Å². The fraction of sp³-hybridized carbons (Fsp3) is 0.444. The lowest BCUT2D eigenvalue weighted by atomic mass is 9.75. The number of aryl methyl sites for hydroxylation is 2. The number of nitrogens with zero attached hydrogens (tertiary/aromatic N) is 2. The van der Waals surface area contributed by atoms with Gasteiger partial charge in [-0.1, -0.05) is 11.6 Å². The van der Waals surface area contributed by atoms with Crippen molar-refractivity contribution in [3.05, 3.63) is 46.7 Å². The molecule has 1 aromatic carbocycles. The average molecular weight is 364 g/mol. The zero-order chi connectivity index (χ0) is 18.0. The molecule has 1 fully saturated rings. The van der Waals surface area contributed by atoms with Gasteiger partial charge >= 0.3 is 0 Å². The Morgan fingerprint density at radius 2 is 2.28 bits per heavy atom. The number of nitrogens with one attached hydrogen (secondary N) is 1. The lowest BCUT2D eigenvalue weighted by Gasteiger charge is -2.37. The highest BCUT2D eigenvalue weighted by molar-refractivity contribution is 6.30. The minimum atomic E-state index is -0.283. The number of ether oxygens (including phenoxy) is 1. The molecule has 3 rings (SSSR count). The van der Waals surface area contributed by atoms with E-state index in [0.717, 1.165) is 11.1 Å². The number of aliphatic hydroxyl groups excluding tert-OH is 1. The van der Waals surface area contributed by atoms with Crippen LogP contribution < -0.4 is 10.1 Å². The highest BCUT2D eigenvalue weighted by Crippen LogP contribution is 2.37. The van der Waals surface area contributed by atoms with Crippen LogP contribution in [0.25, 0.3) is 0 Å². The van der Waals surface area contributed by atoms with Crippen molar-refractivity contribution in [2.75, 3.05) is 6.61 Å². The van der Waals surface area contributed by atoms with Crippen LogP contribution in [-0.2, 0) is 11.8 Å². The van der Waals surface area contributed by atoms with Gasteiger partial charge in [-0.05, 0) is 49.4 Å². The van der Waals surface area contributed by atoms with Gasteiger partial charge in [-0.25, -0.2) is 0 Å². The van der Waals surface area contributed by atoms with E-state index in [1.165, 1.54) is 0 Å². The molecule has 1 saturated carbocycles. The molecule has 0 bridgehead atoms. The zero-order valence-corrected chi connectivity index (χ0v) is 15.0. The Labute approximate surface area is 151 Å². The summed E-state index contributed by atoms with van der Waals surface area (Å²) in [6, 6.07) is 5.12. The third-order valence-corrected chi connectivity index (χ3v) is 4.75. The number of halogens is 1. The van der Waals surface area contributed by atoms with Gasteiger partial charge in [0.2, 0.25) is 0 Å². The van der Waals surface area contributed by atoms with E-state index < -0.39 is 0 Å². The van der Waals surface area contributed by atoms with Crippen molar-refractivity contribution in [2.45, 2.75) is 31.9 Å². The molecule has 2 N–H and O–H groups in total. The number of aliphatic hydroxyl groups is 1. The number of hydrogen-bond donors (Lipinski definition) is 2. The van der Waals surface area contributed by atoms with Crippen LogP contribution in [0.1, 0.15) is 30.0 Å². The molecule has 0 spiro atoms. The summed E-state index contributed by atoms with van der Waals surface area (Å²) in [5, 5.41) is 17.4. The van der Waals surface area contributed by atoms with E-state index in [2.05, 4.69) is 10.4 Å². The molecule has 1 heterocycles. The molecule has 25 heavy (non-hydrogen) atoms. The number of benzene rings is 1. The van der Waals surface area contributed by atoms with Crippen LogP contribution in [0.2, 0.25) is 5.02 Å². The molecule has 1 atom stereocenters. The largest absolute Gasteiger partial charge is 0.484 e. The van der Waals surface area contributed by atoms with Crippen molar-refractivity contribution in [3.63, 3.8) is 0 Å². The lowest BCUT2D eigenvalue weighted by Crippen LogP contribution is -2.42. The molecule has 1 aromatic heterocycles. The Balaban J connectivity index is 1.62. The molecule has 6 nitrogen and oxygen atoms in total. The lowest BCUT2D eigenvalue weighted by molar-refractivity contribution is -0.125. The summed E-state index contributed by atoms with van der Waals surface area (Å²) in [7, 11) is 1.84. The summed E-state index contributed by atoms with van der Waals surface area (Å²) in [4.78, 5) is 12.4. The van der Waals surface area contributed by atoms with Gasteiger partial charge < -0.3 is 15.2 Å². The Hall–Kier alpha value is -2.05. The van der Waals surface area contributed by atoms with Crippen LogP contribution in [0.15, 0.2) is 30.6 Å². The van der Waals surface area contributed by atoms with Crippen molar-refractivity contribution in [3.8, 4) is 5.75 Å².